The molecule has 0 aliphatic carbocycles. The molecule has 3 heteroatoms. The number of halogens is 1. The topological polar surface area (TPSA) is 41.8 Å². The first-order chi connectivity index (χ1) is 6.72. The molecule has 0 aliphatic rings. The highest BCUT2D eigenvalue weighted by Gasteiger charge is 2.09. The number of hydrogen-bond donors (Lipinski definition) is 2. The Bertz CT molecular complexity index is 447. The van der Waals surface area contributed by atoms with Gasteiger partial charge in [-0.2, -0.15) is 0 Å². The second-order valence-corrected chi connectivity index (χ2v) is 3.89. The lowest BCUT2D eigenvalue weighted by atomic mass is 10.0. The second kappa shape index (κ2) is 3.64. The number of aromatic amines is 1. The molecule has 0 unspecified atom stereocenters. The van der Waals surface area contributed by atoms with Crippen LogP contribution in [0.3, 0.4) is 0 Å². The molecular formula is C11H13ClN2. The van der Waals surface area contributed by atoms with Crippen LogP contribution in [0, 0.1) is 0 Å². The van der Waals surface area contributed by atoms with Gasteiger partial charge in [0.1, 0.15) is 0 Å². The normalized spacial score (nSPS) is 13.4. The van der Waals surface area contributed by atoms with Crippen LogP contribution in [0.15, 0.2) is 24.4 Å². The fourth-order valence-corrected chi connectivity index (χ4v) is 1.82. The van der Waals surface area contributed by atoms with Crippen LogP contribution in [0.5, 0.6) is 0 Å². The van der Waals surface area contributed by atoms with E-state index in [0.717, 1.165) is 17.0 Å². The minimum Gasteiger partial charge on any atom is -0.361 e. The first-order valence-corrected chi connectivity index (χ1v) is 5.12. The minimum absolute atomic E-state index is 0.102. The van der Waals surface area contributed by atoms with Crippen molar-refractivity contribution in [2.45, 2.75) is 19.4 Å². The van der Waals surface area contributed by atoms with Gasteiger partial charge in [0, 0.05) is 28.2 Å². The van der Waals surface area contributed by atoms with Gasteiger partial charge in [-0.25, -0.2) is 0 Å². The van der Waals surface area contributed by atoms with Gasteiger partial charge in [-0.1, -0.05) is 24.6 Å². The Balaban J connectivity index is 2.58. The average Bonchev–Trinajstić information content (AvgIpc) is 2.59. The van der Waals surface area contributed by atoms with E-state index in [1.165, 1.54) is 10.9 Å². The van der Waals surface area contributed by atoms with E-state index in [1.54, 1.807) is 0 Å². The summed E-state index contributed by atoms with van der Waals surface area (Å²) in [6.45, 7) is 2.08. The summed E-state index contributed by atoms with van der Waals surface area (Å²) in [6.07, 6.45) is 2.91. The maximum atomic E-state index is 5.99. The summed E-state index contributed by atoms with van der Waals surface area (Å²) in [5.41, 5.74) is 8.21. The molecule has 0 fully saturated rings. The molecule has 3 N–H and O–H groups in total. The fraction of sp³-hybridized carbons (Fsp3) is 0.273. The Morgan fingerprint density at radius 2 is 2.29 bits per heavy atom. The molecule has 0 aliphatic heterocycles. The van der Waals surface area contributed by atoms with Crippen molar-refractivity contribution >= 4 is 22.5 Å². The highest BCUT2D eigenvalue weighted by Crippen LogP contribution is 2.26. The Kier molecular flexibility index (Phi) is 2.48. The van der Waals surface area contributed by atoms with Crippen LogP contribution >= 0.6 is 11.6 Å². The monoisotopic (exact) mass is 208 g/mol. The number of benzene rings is 1. The first kappa shape index (κ1) is 9.56. The van der Waals surface area contributed by atoms with Gasteiger partial charge in [0.15, 0.2) is 0 Å². The molecule has 0 spiro atoms. The number of rotatable bonds is 2. The molecule has 2 nitrogen and oxygen atoms in total. The average molecular weight is 209 g/mol. The number of hydrogen-bond acceptors (Lipinski definition) is 1. The van der Waals surface area contributed by atoms with Gasteiger partial charge in [-0.05, 0) is 24.1 Å². The molecule has 1 aromatic heterocycles. The molecular weight excluding hydrogens is 196 g/mol. The molecule has 0 saturated carbocycles. The number of nitrogens with one attached hydrogen (secondary N) is 1. The smallest absolute Gasteiger partial charge is 0.0472 e. The van der Waals surface area contributed by atoms with Crippen molar-refractivity contribution in [1.29, 1.82) is 0 Å². The van der Waals surface area contributed by atoms with Gasteiger partial charge < -0.3 is 10.7 Å². The van der Waals surface area contributed by atoms with Crippen molar-refractivity contribution in [2.75, 3.05) is 0 Å². The predicted molar refractivity (Wildman–Crippen MR) is 60.5 cm³/mol. The molecule has 0 radical (unpaired) electrons. The Labute approximate surface area is 88.1 Å². The zero-order chi connectivity index (χ0) is 10.1. The highest BCUT2D eigenvalue weighted by molar-refractivity contribution is 6.31. The van der Waals surface area contributed by atoms with Crippen LogP contribution in [0.4, 0.5) is 0 Å². The third-order valence-corrected chi connectivity index (χ3v) is 2.75. The lowest BCUT2D eigenvalue weighted by Crippen LogP contribution is -2.07. The summed E-state index contributed by atoms with van der Waals surface area (Å²) in [5.74, 6) is 0. The summed E-state index contributed by atoms with van der Waals surface area (Å²) < 4.78 is 0. The van der Waals surface area contributed by atoms with Crippen LogP contribution in [-0.4, -0.2) is 4.98 Å². The predicted octanol–water partition coefficient (Wildman–Crippen LogP) is 3.23. The Morgan fingerprint density at radius 3 is 3.00 bits per heavy atom. The van der Waals surface area contributed by atoms with E-state index in [9.17, 15) is 0 Å². The largest absolute Gasteiger partial charge is 0.361 e. The van der Waals surface area contributed by atoms with E-state index in [0.29, 0.717) is 0 Å². The lowest BCUT2D eigenvalue weighted by Gasteiger charge is -2.06. The second-order valence-electron chi connectivity index (χ2n) is 3.45. The molecule has 74 valence electrons. The van der Waals surface area contributed by atoms with Crippen molar-refractivity contribution in [3.05, 3.63) is 35.0 Å². The van der Waals surface area contributed by atoms with Gasteiger partial charge in [0.05, 0.1) is 0 Å². The molecule has 1 heterocycles. The van der Waals surface area contributed by atoms with Gasteiger partial charge in [-0.3, -0.25) is 0 Å². The van der Waals surface area contributed by atoms with Gasteiger partial charge in [-0.15, -0.1) is 0 Å². The molecule has 2 rings (SSSR count). The number of aromatic nitrogens is 1. The van der Waals surface area contributed by atoms with Crippen LogP contribution in [-0.2, 0) is 0 Å². The lowest BCUT2D eigenvalue weighted by molar-refractivity contribution is 0.704. The molecule has 2 aromatic rings. The van der Waals surface area contributed by atoms with Crippen LogP contribution < -0.4 is 5.73 Å². The zero-order valence-corrected chi connectivity index (χ0v) is 8.81. The van der Waals surface area contributed by atoms with Crippen LogP contribution in [0.25, 0.3) is 10.9 Å². The third kappa shape index (κ3) is 1.51. The number of H-pyrrole nitrogens is 1. The SMILES string of the molecule is CC[C@@H](N)c1c[nH]c2cc(Cl)ccc12. The Hall–Kier alpha value is -0.990. The van der Waals surface area contributed by atoms with Gasteiger partial charge >= 0.3 is 0 Å². The summed E-state index contributed by atoms with van der Waals surface area (Å²) >= 11 is 5.89. The highest BCUT2D eigenvalue weighted by atomic mass is 35.5. The van der Waals surface area contributed by atoms with E-state index in [-0.39, 0.29) is 6.04 Å². The summed E-state index contributed by atoms with van der Waals surface area (Å²) in [5, 5.41) is 1.92. The molecule has 0 saturated heterocycles. The van der Waals surface area contributed by atoms with Crippen molar-refractivity contribution in [3.63, 3.8) is 0 Å². The molecule has 0 bridgehead atoms. The molecule has 0 amide bonds. The maximum Gasteiger partial charge on any atom is 0.0472 e. The van der Waals surface area contributed by atoms with Crippen molar-refractivity contribution in [3.8, 4) is 0 Å². The van der Waals surface area contributed by atoms with Crippen LogP contribution in [0.1, 0.15) is 24.9 Å². The number of fused-ring (bicyclic) bond motifs is 1. The van der Waals surface area contributed by atoms with Gasteiger partial charge in [0.2, 0.25) is 0 Å². The van der Waals surface area contributed by atoms with E-state index in [4.69, 9.17) is 17.3 Å². The molecule has 1 atom stereocenters. The number of nitrogens with two attached hydrogens (primary N) is 1. The van der Waals surface area contributed by atoms with E-state index in [2.05, 4.69) is 11.9 Å². The maximum absolute atomic E-state index is 5.99. The van der Waals surface area contributed by atoms with Crippen molar-refractivity contribution in [2.24, 2.45) is 5.73 Å². The molecule has 14 heavy (non-hydrogen) atoms. The summed E-state index contributed by atoms with van der Waals surface area (Å²) in [7, 11) is 0. The van der Waals surface area contributed by atoms with E-state index < -0.39 is 0 Å². The fourth-order valence-electron chi connectivity index (χ4n) is 1.65. The van der Waals surface area contributed by atoms with Gasteiger partial charge in [0.25, 0.3) is 0 Å². The first-order valence-electron chi connectivity index (χ1n) is 4.74. The Morgan fingerprint density at radius 1 is 1.50 bits per heavy atom. The zero-order valence-electron chi connectivity index (χ0n) is 8.05. The van der Waals surface area contributed by atoms with E-state index in [1.807, 2.05) is 24.4 Å². The van der Waals surface area contributed by atoms with Crippen molar-refractivity contribution in [1.82, 2.24) is 4.98 Å². The minimum atomic E-state index is 0.102. The van der Waals surface area contributed by atoms with E-state index >= 15 is 0 Å². The third-order valence-electron chi connectivity index (χ3n) is 2.52. The standard InChI is InChI=1S/C11H13ClN2/c1-2-10(13)9-6-14-11-5-7(12)3-4-8(9)11/h3-6,10,14H,2,13H2,1H3/t10-/m1/s1. The van der Waals surface area contributed by atoms with Crippen molar-refractivity contribution < 1.29 is 0 Å². The molecule has 1 aromatic carbocycles. The summed E-state index contributed by atoms with van der Waals surface area (Å²) in [4.78, 5) is 3.18. The van der Waals surface area contributed by atoms with Crippen LogP contribution in [0.2, 0.25) is 5.02 Å². The quantitative estimate of drug-likeness (QED) is 0.782. The summed E-state index contributed by atoms with van der Waals surface area (Å²) in [6, 6.07) is 5.93.